The van der Waals surface area contributed by atoms with E-state index in [0.29, 0.717) is 0 Å². The van der Waals surface area contributed by atoms with Crippen LogP contribution in [-0.2, 0) is 0 Å². The molecule has 0 aliphatic heterocycles. The Morgan fingerprint density at radius 3 is 2.33 bits per heavy atom. The summed E-state index contributed by atoms with van der Waals surface area (Å²) in [6.45, 7) is 3.94. The minimum atomic E-state index is -4.31. The van der Waals surface area contributed by atoms with Crippen molar-refractivity contribution in [2.45, 2.75) is 39.0 Å². The summed E-state index contributed by atoms with van der Waals surface area (Å²) >= 11 is 0. The minimum absolute atomic E-state index is 0.112. The SMILES string of the molecule is CNC(C)c1nnc(N(CC(F)(F)F)C(C)C)o1. The van der Waals surface area contributed by atoms with Crippen LogP contribution < -0.4 is 10.2 Å². The molecule has 1 atom stereocenters. The number of hydrogen-bond donors (Lipinski definition) is 1. The van der Waals surface area contributed by atoms with Crippen LogP contribution in [0.25, 0.3) is 0 Å². The van der Waals surface area contributed by atoms with Crippen molar-refractivity contribution >= 4 is 6.01 Å². The summed E-state index contributed by atoms with van der Waals surface area (Å²) in [5, 5.41) is 10.3. The second kappa shape index (κ2) is 5.55. The Bertz CT molecular complexity index is 377. The van der Waals surface area contributed by atoms with Crippen molar-refractivity contribution in [3.8, 4) is 0 Å². The van der Waals surface area contributed by atoms with Gasteiger partial charge in [0.25, 0.3) is 0 Å². The van der Waals surface area contributed by atoms with E-state index in [1.54, 1.807) is 27.8 Å². The predicted molar refractivity (Wildman–Crippen MR) is 60.3 cm³/mol. The molecule has 104 valence electrons. The molecule has 0 amide bonds. The summed E-state index contributed by atoms with van der Waals surface area (Å²) in [5.41, 5.74) is 0. The van der Waals surface area contributed by atoms with Gasteiger partial charge < -0.3 is 14.6 Å². The van der Waals surface area contributed by atoms with Crippen molar-refractivity contribution in [2.75, 3.05) is 18.5 Å². The lowest BCUT2D eigenvalue weighted by Crippen LogP contribution is -2.39. The fourth-order valence-corrected chi connectivity index (χ4v) is 1.31. The number of alkyl halides is 3. The lowest BCUT2D eigenvalue weighted by Gasteiger charge is -2.25. The number of nitrogens with one attached hydrogen (secondary N) is 1. The molecule has 0 saturated carbocycles. The molecule has 0 spiro atoms. The topological polar surface area (TPSA) is 54.2 Å². The third-order valence-corrected chi connectivity index (χ3v) is 2.45. The smallest absolute Gasteiger partial charge is 0.406 e. The molecule has 0 aromatic carbocycles. The van der Waals surface area contributed by atoms with Crippen molar-refractivity contribution in [2.24, 2.45) is 0 Å². The van der Waals surface area contributed by atoms with Gasteiger partial charge in [-0.25, -0.2) is 0 Å². The molecule has 8 heteroatoms. The van der Waals surface area contributed by atoms with E-state index in [-0.39, 0.29) is 24.0 Å². The number of hydrogen-bond acceptors (Lipinski definition) is 5. The van der Waals surface area contributed by atoms with Gasteiger partial charge in [0.05, 0.1) is 6.04 Å². The number of aromatic nitrogens is 2. The molecule has 1 aromatic rings. The first-order valence-electron chi connectivity index (χ1n) is 5.58. The maximum atomic E-state index is 12.4. The van der Waals surface area contributed by atoms with E-state index >= 15 is 0 Å². The van der Waals surface area contributed by atoms with Gasteiger partial charge in [-0.2, -0.15) is 13.2 Å². The maximum Gasteiger partial charge on any atom is 0.406 e. The zero-order chi connectivity index (χ0) is 13.9. The van der Waals surface area contributed by atoms with Gasteiger partial charge in [-0.15, -0.1) is 5.10 Å². The average molecular weight is 266 g/mol. The Morgan fingerprint density at radius 1 is 1.28 bits per heavy atom. The number of nitrogens with zero attached hydrogens (tertiary/aromatic N) is 3. The summed E-state index contributed by atoms with van der Waals surface area (Å²) in [5.74, 6) is 0.264. The summed E-state index contributed by atoms with van der Waals surface area (Å²) in [4.78, 5) is 1.03. The molecule has 5 nitrogen and oxygen atoms in total. The molecule has 0 bridgehead atoms. The molecule has 0 aliphatic rings. The van der Waals surface area contributed by atoms with Gasteiger partial charge in [-0.1, -0.05) is 5.10 Å². The highest BCUT2D eigenvalue weighted by atomic mass is 19.4. The fraction of sp³-hybridized carbons (Fsp3) is 0.800. The monoisotopic (exact) mass is 266 g/mol. The van der Waals surface area contributed by atoms with E-state index in [1.165, 1.54) is 0 Å². The molecule has 0 radical (unpaired) electrons. The zero-order valence-electron chi connectivity index (χ0n) is 10.7. The van der Waals surface area contributed by atoms with E-state index < -0.39 is 12.7 Å². The van der Waals surface area contributed by atoms with Crippen LogP contribution in [0.1, 0.15) is 32.7 Å². The molecular formula is C10H17F3N4O. The van der Waals surface area contributed by atoms with Crippen LogP contribution in [0.2, 0.25) is 0 Å². The third kappa shape index (κ3) is 3.86. The molecule has 1 unspecified atom stereocenters. The van der Waals surface area contributed by atoms with Gasteiger partial charge >= 0.3 is 12.2 Å². The molecule has 1 rings (SSSR count). The Morgan fingerprint density at radius 2 is 1.89 bits per heavy atom. The quantitative estimate of drug-likeness (QED) is 0.884. The van der Waals surface area contributed by atoms with E-state index in [0.717, 1.165) is 4.90 Å². The van der Waals surface area contributed by atoms with Crippen molar-refractivity contribution in [3.63, 3.8) is 0 Å². The first-order chi connectivity index (χ1) is 8.24. The van der Waals surface area contributed by atoms with Gasteiger partial charge in [-0.05, 0) is 27.8 Å². The number of rotatable bonds is 5. The fourth-order valence-electron chi connectivity index (χ4n) is 1.31. The first-order valence-corrected chi connectivity index (χ1v) is 5.58. The van der Waals surface area contributed by atoms with Crippen molar-refractivity contribution in [1.82, 2.24) is 15.5 Å². The summed E-state index contributed by atoms with van der Waals surface area (Å²) in [6, 6.07) is -0.699. The van der Waals surface area contributed by atoms with Gasteiger partial charge in [-0.3, -0.25) is 0 Å². The van der Waals surface area contributed by atoms with Crippen molar-refractivity contribution in [3.05, 3.63) is 5.89 Å². The minimum Gasteiger partial charge on any atom is -0.406 e. The van der Waals surface area contributed by atoms with Crippen LogP contribution in [0.3, 0.4) is 0 Å². The highest BCUT2D eigenvalue weighted by Gasteiger charge is 2.34. The van der Waals surface area contributed by atoms with Crippen LogP contribution in [0, 0.1) is 0 Å². The number of anilines is 1. The first kappa shape index (κ1) is 14.7. The van der Waals surface area contributed by atoms with Crippen LogP contribution in [-0.4, -0.2) is 36.0 Å². The van der Waals surface area contributed by atoms with Gasteiger partial charge in [0.2, 0.25) is 5.89 Å². The molecule has 0 fully saturated rings. The molecule has 1 heterocycles. The Balaban J connectivity index is 2.90. The largest absolute Gasteiger partial charge is 0.406 e. The second-order valence-electron chi connectivity index (χ2n) is 4.27. The Hall–Kier alpha value is -1.31. The van der Waals surface area contributed by atoms with E-state index in [1.807, 2.05) is 0 Å². The van der Waals surface area contributed by atoms with Crippen molar-refractivity contribution in [1.29, 1.82) is 0 Å². The van der Waals surface area contributed by atoms with Gasteiger partial charge in [0.15, 0.2) is 0 Å². The molecule has 18 heavy (non-hydrogen) atoms. The third-order valence-electron chi connectivity index (χ3n) is 2.45. The predicted octanol–water partition coefficient (Wildman–Crippen LogP) is 2.13. The van der Waals surface area contributed by atoms with E-state index in [2.05, 4.69) is 15.5 Å². The van der Waals surface area contributed by atoms with E-state index in [4.69, 9.17) is 4.42 Å². The van der Waals surface area contributed by atoms with Crippen molar-refractivity contribution < 1.29 is 17.6 Å². The summed E-state index contributed by atoms with van der Waals surface area (Å²) in [6.07, 6.45) is -4.31. The molecular weight excluding hydrogens is 249 g/mol. The number of halogens is 3. The highest BCUT2D eigenvalue weighted by molar-refractivity contribution is 5.26. The Kier molecular flexibility index (Phi) is 4.55. The lowest BCUT2D eigenvalue weighted by molar-refractivity contribution is -0.121. The summed E-state index contributed by atoms with van der Waals surface area (Å²) < 4.78 is 42.6. The van der Waals surface area contributed by atoms with Crippen LogP contribution in [0.15, 0.2) is 4.42 Å². The van der Waals surface area contributed by atoms with Gasteiger partial charge in [0.1, 0.15) is 6.54 Å². The van der Waals surface area contributed by atoms with Gasteiger partial charge in [0, 0.05) is 6.04 Å². The lowest BCUT2D eigenvalue weighted by atomic mass is 10.3. The second-order valence-corrected chi connectivity index (χ2v) is 4.27. The molecule has 0 saturated heterocycles. The average Bonchev–Trinajstić information content (AvgIpc) is 2.72. The normalized spacial score (nSPS) is 14.0. The maximum absolute atomic E-state index is 12.4. The molecule has 1 aromatic heterocycles. The van der Waals surface area contributed by atoms with Crippen LogP contribution >= 0.6 is 0 Å². The Labute approximate surface area is 103 Å². The van der Waals surface area contributed by atoms with E-state index in [9.17, 15) is 13.2 Å². The summed E-state index contributed by atoms with van der Waals surface area (Å²) in [7, 11) is 1.70. The molecule has 1 N–H and O–H groups in total. The standard InChI is InChI=1S/C10H17F3N4O/c1-6(2)17(5-10(11,12)13)9-16-15-8(18-9)7(3)14-4/h6-7,14H,5H2,1-4H3. The molecule has 0 aliphatic carbocycles. The zero-order valence-corrected chi connectivity index (χ0v) is 10.7. The van der Waals surface area contributed by atoms with Crippen LogP contribution in [0.4, 0.5) is 19.2 Å². The highest BCUT2D eigenvalue weighted by Crippen LogP contribution is 2.24. The van der Waals surface area contributed by atoms with Crippen LogP contribution in [0.5, 0.6) is 0 Å².